The predicted molar refractivity (Wildman–Crippen MR) is 42.5 cm³/mol. The highest BCUT2D eigenvalue weighted by molar-refractivity contribution is 4.81. The van der Waals surface area contributed by atoms with E-state index in [1.54, 1.807) is 14.2 Å². The minimum absolute atomic E-state index is 0.115. The van der Waals surface area contributed by atoms with E-state index in [4.69, 9.17) is 9.47 Å². The summed E-state index contributed by atoms with van der Waals surface area (Å²) < 4.78 is 10.0. The lowest BCUT2D eigenvalue weighted by atomic mass is 10.2. The normalized spacial score (nSPS) is 18.8. The first-order chi connectivity index (χ1) is 5.36. The zero-order valence-electron chi connectivity index (χ0n) is 7.09. The van der Waals surface area contributed by atoms with Crippen LogP contribution in [0, 0.1) is 0 Å². The van der Waals surface area contributed by atoms with E-state index in [-0.39, 0.29) is 6.29 Å². The average Bonchev–Trinajstić information content (AvgIpc) is 1.95. The van der Waals surface area contributed by atoms with Crippen LogP contribution in [-0.2, 0) is 9.47 Å². The van der Waals surface area contributed by atoms with Crippen LogP contribution in [0.4, 0.5) is 0 Å². The fourth-order valence-corrected chi connectivity index (χ4v) is 0.959. The first-order valence-corrected chi connectivity index (χ1v) is 3.86. The second kappa shape index (κ2) is 4.66. The third kappa shape index (κ3) is 2.75. The second-order valence-corrected chi connectivity index (χ2v) is 2.66. The molecule has 4 nitrogen and oxygen atoms in total. The summed E-state index contributed by atoms with van der Waals surface area (Å²) >= 11 is 0. The molecule has 66 valence electrons. The second-order valence-electron chi connectivity index (χ2n) is 2.66. The van der Waals surface area contributed by atoms with Crippen LogP contribution >= 0.6 is 0 Å². The molecule has 0 unspecified atom stereocenters. The van der Waals surface area contributed by atoms with E-state index in [2.05, 4.69) is 10.6 Å². The van der Waals surface area contributed by atoms with Gasteiger partial charge in [-0.3, -0.25) is 0 Å². The Morgan fingerprint density at radius 2 is 2.09 bits per heavy atom. The number of rotatable bonds is 5. The molecule has 1 rings (SSSR count). The molecule has 4 heteroatoms. The van der Waals surface area contributed by atoms with Gasteiger partial charge < -0.3 is 20.1 Å². The van der Waals surface area contributed by atoms with Crippen molar-refractivity contribution in [3.8, 4) is 0 Å². The fraction of sp³-hybridized carbons (Fsp3) is 1.00. The molecular formula is C7H16N2O2. The summed E-state index contributed by atoms with van der Waals surface area (Å²) in [7, 11) is 3.30. The van der Waals surface area contributed by atoms with Crippen LogP contribution in [0.5, 0.6) is 0 Å². The van der Waals surface area contributed by atoms with Gasteiger partial charge in [0.15, 0.2) is 6.29 Å². The molecule has 0 radical (unpaired) electrons. The largest absolute Gasteiger partial charge is 0.355 e. The van der Waals surface area contributed by atoms with Gasteiger partial charge in [-0.05, 0) is 0 Å². The zero-order valence-corrected chi connectivity index (χ0v) is 7.09. The monoisotopic (exact) mass is 160 g/mol. The van der Waals surface area contributed by atoms with Crippen molar-refractivity contribution >= 4 is 0 Å². The maximum absolute atomic E-state index is 5.01. The van der Waals surface area contributed by atoms with Gasteiger partial charge in [0.25, 0.3) is 0 Å². The summed E-state index contributed by atoms with van der Waals surface area (Å²) in [5.74, 6) is 0. The molecule has 0 aromatic carbocycles. The van der Waals surface area contributed by atoms with E-state index in [1.165, 1.54) is 0 Å². The third-order valence-electron chi connectivity index (χ3n) is 1.88. The minimum Gasteiger partial charge on any atom is -0.355 e. The number of ether oxygens (including phenoxy) is 2. The molecule has 0 aromatic rings. The molecule has 0 amide bonds. The van der Waals surface area contributed by atoms with Crippen molar-refractivity contribution in [2.75, 3.05) is 33.9 Å². The average molecular weight is 160 g/mol. The standard InChI is InChI=1S/C7H16N2O2/c1-10-7(11-2)5-9-6-3-8-4-6/h6-9H,3-5H2,1-2H3. The third-order valence-corrected chi connectivity index (χ3v) is 1.88. The van der Waals surface area contributed by atoms with Crippen LogP contribution in [0.2, 0.25) is 0 Å². The highest BCUT2D eigenvalue weighted by Gasteiger charge is 2.17. The van der Waals surface area contributed by atoms with Crippen molar-refractivity contribution in [1.82, 2.24) is 10.6 Å². The summed E-state index contributed by atoms with van der Waals surface area (Å²) in [5, 5.41) is 6.49. The Kier molecular flexibility index (Phi) is 3.79. The van der Waals surface area contributed by atoms with Crippen LogP contribution in [0.1, 0.15) is 0 Å². The Morgan fingerprint density at radius 3 is 2.45 bits per heavy atom. The van der Waals surface area contributed by atoms with Crippen molar-refractivity contribution in [3.05, 3.63) is 0 Å². The van der Waals surface area contributed by atoms with Crippen LogP contribution in [0.15, 0.2) is 0 Å². The van der Waals surface area contributed by atoms with Crippen LogP contribution < -0.4 is 10.6 Å². The molecule has 1 aliphatic rings. The molecule has 2 N–H and O–H groups in total. The minimum atomic E-state index is -0.115. The SMILES string of the molecule is COC(CNC1CNC1)OC. The van der Waals surface area contributed by atoms with Gasteiger partial charge in [0, 0.05) is 39.9 Å². The lowest BCUT2D eigenvalue weighted by Gasteiger charge is -2.29. The summed E-state index contributed by atoms with van der Waals surface area (Å²) in [6.07, 6.45) is -0.115. The molecule has 1 aliphatic heterocycles. The van der Waals surface area contributed by atoms with Crippen molar-refractivity contribution < 1.29 is 9.47 Å². The predicted octanol–water partition coefficient (Wildman–Crippen LogP) is -0.833. The van der Waals surface area contributed by atoms with E-state index in [0.717, 1.165) is 19.6 Å². The van der Waals surface area contributed by atoms with Gasteiger partial charge in [-0.25, -0.2) is 0 Å². The van der Waals surface area contributed by atoms with E-state index in [1.807, 2.05) is 0 Å². The van der Waals surface area contributed by atoms with Crippen molar-refractivity contribution in [2.24, 2.45) is 0 Å². The number of nitrogens with one attached hydrogen (secondary N) is 2. The van der Waals surface area contributed by atoms with E-state index in [0.29, 0.717) is 6.04 Å². The quantitative estimate of drug-likeness (QED) is 0.515. The molecule has 11 heavy (non-hydrogen) atoms. The molecule has 0 aromatic heterocycles. The van der Waals surface area contributed by atoms with Gasteiger partial charge in [-0.15, -0.1) is 0 Å². The van der Waals surface area contributed by atoms with Gasteiger partial charge in [0.1, 0.15) is 0 Å². The molecule has 0 bridgehead atoms. The Bertz CT molecular complexity index is 103. The molecular weight excluding hydrogens is 144 g/mol. The summed E-state index contributed by atoms with van der Waals surface area (Å²) in [6, 6.07) is 0.600. The van der Waals surface area contributed by atoms with Crippen molar-refractivity contribution in [3.63, 3.8) is 0 Å². The fourth-order valence-electron chi connectivity index (χ4n) is 0.959. The molecule has 0 saturated carbocycles. The summed E-state index contributed by atoms with van der Waals surface area (Å²) in [6.45, 7) is 2.87. The maximum atomic E-state index is 5.01. The van der Waals surface area contributed by atoms with Gasteiger partial charge in [0.2, 0.25) is 0 Å². The van der Waals surface area contributed by atoms with Gasteiger partial charge in [0.05, 0.1) is 0 Å². The van der Waals surface area contributed by atoms with E-state index in [9.17, 15) is 0 Å². The van der Waals surface area contributed by atoms with Gasteiger partial charge in [-0.2, -0.15) is 0 Å². The molecule has 0 aliphatic carbocycles. The van der Waals surface area contributed by atoms with Crippen LogP contribution in [0.25, 0.3) is 0 Å². The molecule has 0 atom stereocenters. The van der Waals surface area contributed by atoms with Crippen molar-refractivity contribution in [2.45, 2.75) is 12.3 Å². The summed E-state index contributed by atoms with van der Waals surface area (Å²) in [5.41, 5.74) is 0. The number of methoxy groups -OCH3 is 2. The lowest BCUT2D eigenvalue weighted by Crippen LogP contribution is -2.56. The molecule has 0 spiro atoms. The Labute approximate surface area is 67.2 Å². The zero-order chi connectivity index (χ0) is 8.10. The van der Waals surface area contributed by atoms with Crippen molar-refractivity contribution in [1.29, 1.82) is 0 Å². The topological polar surface area (TPSA) is 42.5 Å². The Hall–Kier alpha value is -0.160. The number of hydrogen-bond acceptors (Lipinski definition) is 4. The Balaban J connectivity index is 1.99. The van der Waals surface area contributed by atoms with Gasteiger partial charge >= 0.3 is 0 Å². The maximum Gasteiger partial charge on any atom is 0.169 e. The summed E-state index contributed by atoms with van der Waals surface area (Å²) in [4.78, 5) is 0. The molecule has 1 heterocycles. The van der Waals surface area contributed by atoms with E-state index >= 15 is 0 Å². The number of hydrogen-bond donors (Lipinski definition) is 2. The first-order valence-electron chi connectivity index (χ1n) is 3.86. The lowest BCUT2D eigenvalue weighted by molar-refractivity contribution is -0.100. The molecule has 1 saturated heterocycles. The highest BCUT2D eigenvalue weighted by atomic mass is 16.7. The Morgan fingerprint density at radius 1 is 1.45 bits per heavy atom. The van der Waals surface area contributed by atoms with E-state index < -0.39 is 0 Å². The van der Waals surface area contributed by atoms with Gasteiger partial charge in [-0.1, -0.05) is 0 Å². The van der Waals surface area contributed by atoms with Crippen LogP contribution in [-0.4, -0.2) is 46.2 Å². The highest BCUT2D eigenvalue weighted by Crippen LogP contribution is 1.93. The smallest absolute Gasteiger partial charge is 0.169 e. The van der Waals surface area contributed by atoms with Crippen LogP contribution in [0.3, 0.4) is 0 Å². The molecule has 1 fully saturated rings. The first kappa shape index (κ1) is 8.93.